The lowest BCUT2D eigenvalue weighted by molar-refractivity contribution is 0.429. The summed E-state index contributed by atoms with van der Waals surface area (Å²) in [7, 11) is 0. The first-order chi connectivity index (χ1) is 13.4. The first-order valence-corrected chi connectivity index (χ1v) is 8.98. The summed E-state index contributed by atoms with van der Waals surface area (Å²) in [4.78, 5) is 27.2. The van der Waals surface area contributed by atoms with Crippen molar-refractivity contribution < 1.29 is 5.11 Å². The fourth-order valence-electron chi connectivity index (χ4n) is 3.58. The molecule has 3 N–H and O–H groups in total. The maximum absolute atomic E-state index is 12.5. The maximum atomic E-state index is 12.5. The predicted molar refractivity (Wildman–Crippen MR) is 107 cm³/mol. The number of aromatic nitrogens is 2. The van der Waals surface area contributed by atoms with Crippen LogP contribution in [0.2, 0.25) is 0 Å². The highest BCUT2D eigenvalue weighted by Crippen LogP contribution is 2.27. The summed E-state index contributed by atoms with van der Waals surface area (Å²) in [6, 6.07) is 15.1. The zero-order valence-electron chi connectivity index (χ0n) is 15.6. The Morgan fingerprint density at radius 2 is 1.75 bits per heavy atom. The summed E-state index contributed by atoms with van der Waals surface area (Å²) in [5.74, 6) is -0.409. The van der Waals surface area contributed by atoms with Crippen LogP contribution in [-0.2, 0) is 0 Å². The van der Waals surface area contributed by atoms with E-state index in [9.17, 15) is 14.7 Å². The van der Waals surface area contributed by atoms with Gasteiger partial charge in [-0.25, -0.2) is 9.36 Å². The molecule has 1 atom stereocenters. The molecule has 1 aliphatic rings. The highest BCUT2D eigenvalue weighted by molar-refractivity contribution is 6.03. The number of aromatic amines is 1. The molecule has 0 bridgehead atoms. The van der Waals surface area contributed by atoms with E-state index in [1.807, 2.05) is 50.2 Å². The van der Waals surface area contributed by atoms with E-state index in [0.29, 0.717) is 17.8 Å². The van der Waals surface area contributed by atoms with E-state index in [1.165, 1.54) is 0 Å². The van der Waals surface area contributed by atoms with Crippen molar-refractivity contribution in [2.24, 2.45) is 5.10 Å². The Hall–Kier alpha value is -3.61. The van der Waals surface area contributed by atoms with Crippen LogP contribution in [0.25, 0.3) is 5.69 Å². The minimum Gasteiger partial charge on any atom is -0.493 e. The van der Waals surface area contributed by atoms with Crippen molar-refractivity contribution in [2.75, 3.05) is 0 Å². The molecule has 4 rings (SSSR count). The topological polar surface area (TPSA) is 99.5 Å². The largest absolute Gasteiger partial charge is 0.493 e. The molecule has 2 aromatic carbocycles. The summed E-state index contributed by atoms with van der Waals surface area (Å²) in [5, 5.41) is 15.1. The maximum Gasteiger partial charge on any atom is 0.335 e. The van der Waals surface area contributed by atoms with E-state index < -0.39 is 17.1 Å². The molecule has 2 heterocycles. The van der Waals surface area contributed by atoms with E-state index >= 15 is 0 Å². The fraction of sp³-hybridized carbons (Fsp3) is 0.190. The molecule has 28 heavy (non-hydrogen) atoms. The summed E-state index contributed by atoms with van der Waals surface area (Å²) in [5.41, 5.74) is 5.47. The zero-order chi connectivity index (χ0) is 19.8. The summed E-state index contributed by atoms with van der Waals surface area (Å²) in [6.45, 7) is 3.81. The fourth-order valence-corrected chi connectivity index (χ4v) is 3.58. The Morgan fingerprint density at radius 3 is 2.43 bits per heavy atom. The minimum absolute atomic E-state index is 0.00434. The third kappa shape index (κ3) is 3.11. The van der Waals surface area contributed by atoms with Crippen LogP contribution in [0, 0.1) is 13.8 Å². The van der Waals surface area contributed by atoms with Crippen LogP contribution in [0.1, 0.15) is 34.7 Å². The van der Waals surface area contributed by atoms with Crippen molar-refractivity contribution in [3.8, 4) is 11.6 Å². The second-order valence-electron chi connectivity index (χ2n) is 6.99. The highest BCUT2D eigenvalue weighted by Gasteiger charge is 2.27. The first-order valence-electron chi connectivity index (χ1n) is 8.98. The second-order valence-corrected chi connectivity index (χ2v) is 6.99. The van der Waals surface area contributed by atoms with Gasteiger partial charge < -0.3 is 10.5 Å². The number of hydrazone groups is 1. The average Bonchev–Trinajstić information content (AvgIpc) is 3.11. The molecule has 1 aromatic heterocycles. The molecule has 7 nitrogen and oxygen atoms in total. The van der Waals surface area contributed by atoms with E-state index in [2.05, 4.69) is 15.5 Å². The molecule has 1 unspecified atom stereocenters. The normalized spacial score (nSPS) is 15.9. The summed E-state index contributed by atoms with van der Waals surface area (Å²) >= 11 is 0. The van der Waals surface area contributed by atoms with Gasteiger partial charge in [0.05, 0.1) is 17.4 Å². The lowest BCUT2D eigenvalue weighted by Gasteiger charge is -2.13. The van der Waals surface area contributed by atoms with Gasteiger partial charge >= 0.3 is 5.69 Å². The number of aromatic hydroxyl groups is 1. The molecule has 0 fully saturated rings. The van der Waals surface area contributed by atoms with Gasteiger partial charge in [-0.3, -0.25) is 9.78 Å². The van der Waals surface area contributed by atoms with Crippen molar-refractivity contribution in [2.45, 2.75) is 26.3 Å². The Labute approximate surface area is 161 Å². The smallest absolute Gasteiger partial charge is 0.335 e. The highest BCUT2D eigenvalue weighted by atomic mass is 16.3. The average molecular weight is 376 g/mol. The van der Waals surface area contributed by atoms with Crippen LogP contribution in [0.5, 0.6) is 5.88 Å². The van der Waals surface area contributed by atoms with Crippen LogP contribution < -0.4 is 16.7 Å². The summed E-state index contributed by atoms with van der Waals surface area (Å²) < 4.78 is 1.11. The molecule has 1 aliphatic heterocycles. The van der Waals surface area contributed by atoms with Gasteiger partial charge in [-0.05, 0) is 42.7 Å². The molecule has 0 amide bonds. The van der Waals surface area contributed by atoms with Gasteiger partial charge in [0.2, 0.25) is 5.88 Å². The number of benzene rings is 2. The molecule has 0 radical (unpaired) electrons. The molecular weight excluding hydrogens is 356 g/mol. The van der Waals surface area contributed by atoms with Gasteiger partial charge in [-0.2, -0.15) is 5.10 Å². The van der Waals surface area contributed by atoms with Gasteiger partial charge in [0.25, 0.3) is 5.56 Å². The second kappa shape index (κ2) is 6.84. The Bertz CT molecular complexity index is 1170. The Morgan fingerprint density at radius 1 is 1.07 bits per heavy atom. The predicted octanol–water partition coefficient (Wildman–Crippen LogP) is 2.29. The lowest BCUT2D eigenvalue weighted by Crippen LogP contribution is -2.33. The number of nitrogens with one attached hydrogen (secondary N) is 2. The number of rotatable bonds is 3. The van der Waals surface area contributed by atoms with Crippen LogP contribution in [0.3, 0.4) is 0 Å². The Kier molecular flexibility index (Phi) is 4.35. The first kappa shape index (κ1) is 17.8. The van der Waals surface area contributed by atoms with Crippen LogP contribution in [0.4, 0.5) is 0 Å². The van der Waals surface area contributed by atoms with Crippen LogP contribution >= 0.6 is 0 Å². The minimum atomic E-state index is -0.692. The third-order valence-corrected chi connectivity index (χ3v) is 4.79. The molecule has 0 saturated carbocycles. The molecule has 0 aliphatic carbocycles. The van der Waals surface area contributed by atoms with Gasteiger partial charge in [0.1, 0.15) is 5.56 Å². The number of hydrogen-bond donors (Lipinski definition) is 3. The van der Waals surface area contributed by atoms with E-state index in [0.717, 1.165) is 21.3 Å². The van der Waals surface area contributed by atoms with E-state index in [4.69, 9.17) is 0 Å². The number of aryl methyl sites for hydroxylation is 2. The van der Waals surface area contributed by atoms with Crippen molar-refractivity contribution in [3.63, 3.8) is 0 Å². The molecule has 0 spiro atoms. The Balaban J connectivity index is 1.79. The van der Waals surface area contributed by atoms with Crippen LogP contribution in [-0.4, -0.2) is 20.4 Å². The number of nitrogens with zero attached hydrogens (tertiary/aromatic N) is 2. The van der Waals surface area contributed by atoms with Gasteiger partial charge in [-0.1, -0.05) is 36.4 Å². The zero-order valence-corrected chi connectivity index (χ0v) is 15.6. The van der Waals surface area contributed by atoms with Crippen molar-refractivity contribution in [3.05, 3.63) is 91.6 Å². The molecule has 142 valence electrons. The molecular formula is C21H20N4O3. The lowest BCUT2D eigenvalue weighted by atomic mass is 10.00. The van der Waals surface area contributed by atoms with Gasteiger partial charge in [-0.15, -0.1) is 0 Å². The number of H-pyrrole nitrogens is 1. The number of hydrogen-bond acceptors (Lipinski definition) is 5. The SMILES string of the molecule is Cc1cc(C)cc(-n2c(O)c(C3=NNC(c4ccccc4)C3)c(=O)[nH]c2=O)c1. The quantitative estimate of drug-likeness (QED) is 0.653. The van der Waals surface area contributed by atoms with Gasteiger partial charge in [0, 0.05) is 6.42 Å². The monoisotopic (exact) mass is 376 g/mol. The van der Waals surface area contributed by atoms with Gasteiger partial charge in [0.15, 0.2) is 0 Å². The molecule has 3 aromatic rings. The van der Waals surface area contributed by atoms with Crippen molar-refractivity contribution in [1.82, 2.24) is 15.0 Å². The van der Waals surface area contributed by atoms with E-state index in [1.54, 1.807) is 12.1 Å². The molecule has 7 heteroatoms. The van der Waals surface area contributed by atoms with Crippen LogP contribution in [0.15, 0.2) is 63.2 Å². The third-order valence-electron chi connectivity index (χ3n) is 4.79. The van der Waals surface area contributed by atoms with Crippen molar-refractivity contribution in [1.29, 1.82) is 0 Å². The molecule has 0 saturated heterocycles. The van der Waals surface area contributed by atoms with Crippen molar-refractivity contribution >= 4 is 5.71 Å². The summed E-state index contributed by atoms with van der Waals surface area (Å²) in [6.07, 6.45) is 0.422. The standard InChI is InChI=1S/C21H20N4O3/c1-12-8-13(2)10-15(9-12)25-20(27)18(19(26)22-21(25)28)17-11-16(23-24-17)14-6-4-3-5-7-14/h3-10,16,23,27H,11H2,1-2H3,(H,22,26,28). The van der Waals surface area contributed by atoms with E-state index in [-0.39, 0.29) is 11.6 Å².